The van der Waals surface area contributed by atoms with E-state index in [0.717, 1.165) is 27.8 Å². The second kappa shape index (κ2) is 16.1. The molecule has 6 rings (SSSR count). The van der Waals surface area contributed by atoms with Gasteiger partial charge in [-0.1, -0.05) is 42.0 Å². The SMILES string of the molecule is Cc1ccc(CC(=O)Nc2ncc(-c3ccc(O)cc3)nc2Br)cc1.O=C(Cc1ccc(O)cc1)Nc1cnc(-c2ccc(O)cc2)cn1. The number of amides is 2. The molecule has 0 radical (unpaired) electrons. The summed E-state index contributed by atoms with van der Waals surface area (Å²) < 4.78 is 0.454. The Labute approximate surface area is 290 Å². The van der Waals surface area contributed by atoms with E-state index in [2.05, 4.69) is 46.5 Å². The molecule has 2 heterocycles. The number of nitrogens with one attached hydrogen (secondary N) is 2. The zero-order valence-electron chi connectivity index (χ0n) is 26.2. The van der Waals surface area contributed by atoms with Crippen LogP contribution >= 0.6 is 15.9 Å². The molecule has 0 atom stereocenters. The van der Waals surface area contributed by atoms with Crippen LogP contribution in [-0.4, -0.2) is 47.1 Å². The summed E-state index contributed by atoms with van der Waals surface area (Å²) in [7, 11) is 0. The van der Waals surface area contributed by atoms with E-state index in [0.29, 0.717) is 27.6 Å². The van der Waals surface area contributed by atoms with E-state index in [4.69, 9.17) is 0 Å². The quantitative estimate of drug-likeness (QED) is 0.113. The molecule has 2 aromatic heterocycles. The number of carbonyl (C=O) groups excluding carboxylic acids is 2. The van der Waals surface area contributed by atoms with Crippen molar-refractivity contribution >= 4 is 39.4 Å². The van der Waals surface area contributed by atoms with Crippen molar-refractivity contribution in [2.45, 2.75) is 19.8 Å². The third kappa shape index (κ3) is 10.2. The van der Waals surface area contributed by atoms with Crippen LogP contribution in [0, 0.1) is 6.92 Å². The minimum Gasteiger partial charge on any atom is -0.508 e. The highest BCUT2D eigenvalue weighted by molar-refractivity contribution is 9.10. The topological polar surface area (TPSA) is 170 Å². The Hall–Kier alpha value is -6.14. The van der Waals surface area contributed by atoms with Gasteiger partial charge in [0.05, 0.1) is 42.8 Å². The number of rotatable bonds is 8. The van der Waals surface area contributed by atoms with E-state index in [1.807, 2.05) is 31.2 Å². The van der Waals surface area contributed by atoms with E-state index in [1.165, 1.54) is 18.3 Å². The van der Waals surface area contributed by atoms with E-state index >= 15 is 0 Å². The molecule has 0 unspecified atom stereocenters. The van der Waals surface area contributed by atoms with Crippen molar-refractivity contribution in [2.24, 2.45) is 0 Å². The lowest BCUT2D eigenvalue weighted by atomic mass is 10.1. The van der Waals surface area contributed by atoms with Gasteiger partial charge in [-0.15, -0.1) is 0 Å². The summed E-state index contributed by atoms with van der Waals surface area (Å²) in [4.78, 5) is 41.3. The number of anilines is 2. The monoisotopic (exact) mass is 718 g/mol. The molecule has 5 N–H and O–H groups in total. The Morgan fingerprint density at radius 3 is 1.57 bits per heavy atom. The summed E-state index contributed by atoms with van der Waals surface area (Å²) in [6, 6.07) is 27.6. The molecule has 49 heavy (non-hydrogen) atoms. The number of benzene rings is 4. The van der Waals surface area contributed by atoms with Crippen molar-refractivity contribution in [2.75, 3.05) is 10.6 Å². The second-order valence-corrected chi connectivity index (χ2v) is 11.6. The number of hydrogen-bond acceptors (Lipinski definition) is 9. The van der Waals surface area contributed by atoms with Gasteiger partial charge in [-0.3, -0.25) is 14.6 Å². The highest BCUT2D eigenvalue weighted by Crippen LogP contribution is 2.25. The van der Waals surface area contributed by atoms with Crippen LogP contribution in [-0.2, 0) is 22.4 Å². The highest BCUT2D eigenvalue weighted by atomic mass is 79.9. The first-order valence-corrected chi connectivity index (χ1v) is 15.8. The van der Waals surface area contributed by atoms with Crippen LogP contribution in [0.15, 0.2) is 120 Å². The third-order valence-electron chi connectivity index (χ3n) is 7.02. The van der Waals surface area contributed by atoms with Gasteiger partial charge in [-0.2, -0.15) is 0 Å². The maximum atomic E-state index is 12.2. The normalized spacial score (nSPS) is 10.4. The van der Waals surface area contributed by atoms with E-state index in [9.17, 15) is 24.9 Å². The number of phenolic OH excluding ortho intramolecular Hbond substituents is 3. The molecule has 0 aliphatic rings. The molecule has 0 fully saturated rings. The highest BCUT2D eigenvalue weighted by Gasteiger charge is 2.11. The Morgan fingerprint density at radius 2 is 1.06 bits per heavy atom. The lowest BCUT2D eigenvalue weighted by molar-refractivity contribution is -0.116. The molecule has 246 valence electrons. The van der Waals surface area contributed by atoms with Gasteiger partial charge in [-0.25, -0.2) is 15.0 Å². The van der Waals surface area contributed by atoms with E-state index in [-0.39, 0.29) is 41.9 Å². The number of aromatic hydroxyl groups is 3. The summed E-state index contributed by atoms with van der Waals surface area (Å²) in [5.74, 6) is 0.903. The van der Waals surface area contributed by atoms with Crippen molar-refractivity contribution in [3.63, 3.8) is 0 Å². The predicted molar refractivity (Wildman–Crippen MR) is 190 cm³/mol. The molecule has 11 nitrogen and oxygen atoms in total. The van der Waals surface area contributed by atoms with Crippen molar-refractivity contribution < 1.29 is 24.9 Å². The maximum Gasteiger partial charge on any atom is 0.230 e. The second-order valence-electron chi connectivity index (χ2n) is 10.9. The smallest absolute Gasteiger partial charge is 0.230 e. The van der Waals surface area contributed by atoms with Crippen LogP contribution in [0.4, 0.5) is 11.6 Å². The van der Waals surface area contributed by atoms with Gasteiger partial charge in [0.2, 0.25) is 11.8 Å². The summed E-state index contributed by atoms with van der Waals surface area (Å²) in [5, 5.41) is 33.3. The first-order chi connectivity index (χ1) is 23.6. The minimum atomic E-state index is -0.215. The molecular weight excluding hydrogens is 688 g/mol. The van der Waals surface area contributed by atoms with Crippen LogP contribution in [0.3, 0.4) is 0 Å². The van der Waals surface area contributed by atoms with Crippen LogP contribution < -0.4 is 10.6 Å². The number of halogens is 1. The number of phenols is 3. The lowest BCUT2D eigenvalue weighted by Crippen LogP contribution is -2.16. The van der Waals surface area contributed by atoms with Gasteiger partial charge in [0, 0.05) is 11.1 Å². The van der Waals surface area contributed by atoms with Gasteiger partial charge in [0.1, 0.15) is 21.9 Å². The molecule has 6 aromatic rings. The molecule has 0 aliphatic carbocycles. The first kappa shape index (κ1) is 34.2. The Kier molecular flexibility index (Phi) is 11.2. The maximum absolute atomic E-state index is 12.2. The summed E-state index contributed by atoms with van der Waals surface area (Å²) in [6.07, 6.45) is 5.08. The number of nitrogens with zero attached hydrogens (tertiary/aromatic N) is 4. The zero-order valence-corrected chi connectivity index (χ0v) is 27.8. The largest absolute Gasteiger partial charge is 0.508 e. The average molecular weight is 720 g/mol. The lowest BCUT2D eigenvalue weighted by Gasteiger charge is -2.08. The van der Waals surface area contributed by atoms with Crippen molar-refractivity contribution in [1.82, 2.24) is 19.9 Å². The van der Waals surface area contributed by atoms with E-state index in [1.54, 1.807) is 73.1 Å². The van der Waals surface area contributed by atoms with Crippen molar-refractivity contribution in [1.29, 1.82) is 0 Å². The molecular formula is C37H31BrN6O5. The summed E-state index contributed by atoms with van der Waals surface area (Å²) in [6.45, 7) is 2.01. The molecule has 0 aliphatic heterocycles. The number of carbonyl (C=O) groups is 2. The van der Waals surface area contributed by atoms with Crippen LogP contribution in [0.25, 0.3) is 22.5 Å². The fourth-order valence-corrected chi connectivity index (χ4v) is 4.84. The molecule has 0 saturated carbocycles. The van der Waals surface area contributed by atoms with Crippen LogP contribution in [0.2, 0.25) is 0 Å². The Bertz CT molecular complexity index is 2020. The van der Waals surface area contributed by atoms with Gasteiger partial charge >= 0.3 is 0 Å². The van der Waals surface area contributed by atoms with Gasteiger partial charge < -0.3 is 26.0 Å². The third-order valence-corrected chi connectivity index (χ3v) is 7.57. The van der Waals surface area contributed by atoms with Crippen molar-refractivity contribution in [3.05, 3.63) is 137 Å². The number of hydrogen-bond donors (Lipinski definition) is 5. The molecule has 12 heteroatoms. The summed E-state index contributed by atoms with van der Waals surface area (Å²) >= 11 is 3.34. The number of aryl methyl sites for hydroxylation is 1. The zero-order chi connectivity index (χ0) is 34.8. The fourth-order valence-electron chi connectivity index (χ4n) is 4.45. The van der Waals surface area contributed by atoms with Gasteiger partial charge in [0.15, 0.2) is 11.6 Å². The fraction of sp³-hybridized carbons (Fsp3) is 0.0811. The first-order valence-electron chi connectivity index (χ1n) is 15.0. The standard InChI is InChI=1S/C19H16BrN3O2.C18H15N3O3/c1-12-2-4-13(5-3-12)10-17(25)23-19-18(20)22-16(11-21-19)14-6-8-15(24)9-7-14;22-14-5-1-12(2-6-14)9-18(24)21-17-11-19-16(10-20-17)13-3-7-15(23)8-4-13/h2-9,11,24H,10H2,1H3,(H,21,23,25);1-8,10-11,22-23H,9H2,(H,20,21,24). The molecule has 0 spiro atoms. The van der Waals surface area contributed by atoms with Crippen LogP contribution in [0.5, 0.6) is 17.2 Å². The van der Waals surface area contributed by atoms with E-state index < -0.39 is 0 Å². The Balaban J connectivity index is 0.000000191. The van der Waals surface area contributed by atoms with Gasteiger partial charge in [-0.05, 0) is 94.6 Å². The minimum absolute atomic E-state index is 0.156. The van der Waals surface area contributed by atoms with Crippen molar-refractivity contribution in [3.8, 4) is 39.8 Å². The summed E-state index contributed by atoms with van der Waals surface area (Å²) in [5.41, 5.74) is 5.82. The molecule has 0 saturated heterocycles. The van der Waals surface area contributed by atoms with Gasteiger partial charge in [0.25, 0.3) is 0 Å². The molecule has 0 bridgehead atoms. The molecule has 4 aromatic carbocycles. The number of aromatic nitrogens is 4. The van der Waals surface area contributed by atoms with Crippen LogP contribution in [0.1, 0.15) is 16.7 Å². The Morgan fingerprint density at radius 1 is 0.592 bits per heavy atom. The molecule has 2 amide bonds. The average Bonchev–Trinajstić information content (AvgIpc) is 3.09. The predicted octanol–water partition coefficient (Wildman–Crippen LogP) is 6.84.